The van der Waals surface area contributed by atoms with Crippen LogP contribution in [-0.4, -0.2) is 13.6 Å². The number of nitrogens with one attached hydrogen (secondary N) is 1. The molecule has 0 aromatic heterocycles. The molecule has 1 nitrogen and oxygen atoms in total. The van der Waals surface area contributed by atoms with E-state index in [1.54, 1.807) is 0 Å². The molecular weight excluding hydrogens is 206 g/mol. The molecule has 0 fully saturated rings. The summed E-state index contributed by atoms with van der Waals surface area (Å²) >= 11 is 0. The first kappa shape index (κ1) is 18.5. The van der Waals surface area contributed by atoms with Crippen LogP contribution in [0.4, 0.5) is 0 Å². The number of likely N-dealkylation sites (N-methyl/N-ethyl adjacent to an activating group) is 1. The van der Waals surface area contributed by atoms with E-state index in [9.17, 15) is 0 Å². The lowest BCUT2D eigenvalue weighted by atomic mass is 9.84. The predicted octanol–water partition coefficient (Wildman–Crippen LogP) is 4.54. The molecule has 0 aliphatic carbocycles. The first-order valence-electron chi connectivity index (χ1n) is 6.78. The van der Waals surface area contributed by atoms with E-state index < -0.39 is 0 Å². The van der Waals surface area contributed by atoms with Gasteiger partial charge in [0.15, 0.2) is 0 Å². The smallest absolute Gasteiger partial charge is 0.00401 e. The Morgan fingerprint density at radius 3 is 1.71 bits per heavy atom. The SMILES string of the molecule is CC.CC.CNCC(C)(C)c1ccc(C)cc1. The molecule has 0 amide bonds. The Hall–Kier alpha value is -0.820. The monoisotopic (exact) mass is 237 g/mol. The fourth-order valence-corrected chi connectivity index (χ4v) is 1.55. The van der Waals surface area contributed by atoms with Crippen molar-refractivity contribution in [1.29, 1.82) is 0 Å². The number of hydrogen-bond donors (Lipinski definition) is 1. The Balaban J connectivity index is 0. The van der Waals surface area contributed by atoms with Crippen LogP contribution in [0.25, 0.3) is 0 Å². The van der Waals surface area contributed by atoms with E-state index >= 15 is 0 Å². The molecule has 100 valence electrons. The average molecular weight is 237 g/mol. The molecule has 0 unspecified atom stereocenters. The van der Waals surface area contributed by atoms with Crippen LogP contribution in [0, 0.1) is 6.92 Å². The second-order valence-corrected chi connectivity index (χ2v) is 4.28. The summed E-state index contributed by atoms with van der Waals surface area (Å²) in [6, 6.07) is 8.78. The third-order valence-corrected chi connectivity index (χ3v) is 2.45. The zero-order valence-corrected chi connectivity index (χ0v) is 13.0. The normalized spacial score (nSPS) is 9.65. The van der Waals surface area contributed by atoms with Gasteiger partial charge in [0, 0.05) is 12.0 Å². The summed E-state index contributed by atoms with van der Waals surface area (Å²) in [4.78, 5) is 0. The summed E-state index contributed by atoms with van der Waals surface area (Å²) < 4.78 is 0. The van der Waals surface area contributed by atoms with Gasteiger partial charge in [0.25, 0.3) is 0 Å². The van der Waals surface area contributed by atoms with Crippen LogP contribution < -0.4 is 5.32 Å². The Morgan fingerprint density at radius 1 is 0.941 bits per heavy atom. The lowest BCUT2D eigenvalue weighted by molar-refractivity contribution is 0.494. The van der Waals surface area contributed by atoms with Crippen molar-refractivity contribution in [2.75, 3.05) is 13.6 Å². The fraction of sp³-hybridized carbons (Fsp3) is 0.625. The maximum absolute atomic E-state index is 3.22. The number of hydrogen-bond acceptors (Lipinski definition) is 1. The molecule has 17 heavy (non-hydrogen) atoms. The summed E-state index contributed by atoms with van der Waals surface area (Å²) in [5.74, 6) is 0. The summed E-state index contributed by atoms with van der Waals surface area (Å²) in [7, 11) is 2.00. The van der Waals surface area contributed by atoms with Gasteiger partial charge in [0.05, 0.1) is 0 Å². The molecule has 0 bridgehead atoms. The molecule has 0 spiro atoms. The van der Waals surface area contributed by atoms with Gasteiger partial charge in [-0.2, -0.15) is 0 Å². The Kier molecular flexibility index (Phi) is 11.3. The van der Waals surface area contributed by atoms with E-state index in [1.807, 2.05) is 34.7 Å². The van der Waals surface area contributed by atoms with Crippen LogP contribution in [0.1, 0.15) is 52.7 Å². The fourth-order valence-electron chi connectivity index (χ4n) is 1.55. The quantitative estimate of drug-likeness (QED) is 0.813. The number of aryl methyl sites for hydroxylation is 1. The van der Waals surface area contributed by atoms with Crippen molar-refractivity contribution in [2.24, 2.45) is 0 Å². The molecular formula is C16H31N. The van der Waals surface area contributed by atoms with Gasteiger partial charge in [-0.15, -0.1) is 0 Å². The molecule has 1 rings (SSSR count). The lowest BCUT2D eigenvalue weighted by Crippen LogP contribution is -2.30. The highest BCUT2D eigenvalue weighted by atomic mass is 14.8. The van der Waals surface area contributed by atoms with E-state index in [4.69, 9.17) is 0 Å². The zero-order valence-electron chi connectivity index (χ0n) is 13.0. The Morgan fingerprint density at radius 2 is 1.35 bits per heavy atom. The third-order valence-electron chi connectivity index (χ3n) is 2.45. The maximum Gasteiger partial charge on any atom is 0.00401 e. The van der Waals surface area contributed by atoms with E-state index in [2.05, 4.69) is 50.4 Å². The minimum absolute atomic E-state index is 0.225. The van der Waals surface area contributed by atoms with Gasteiger partial charge >= 0.3 is 0 Å². The Labute approximate surface area is 109 Å². The lowest BCUT2D eigenvalue weighted by Gasteiger charge is -2.24. The molecule has 0 aliphatic heterocycles. The van der Waals surface area contributed by atoms with Crippen LogP contribution in [0.2, 0.25) is 0 Å². The first-order chi connectivity index (χ1) is 8.06. The zero-order chi connectivity index (χ0) is 13.9. The van der Waals surface area contributed by atoms with Crippen molar-refractivity contribution in [3.05, 3.63) is 35.4 Å². The van der Waals surface area contributed by atoms with E-state index in [1.165, 1.54) is 11.1 Å². The van der Waals surface area contributed by atoms with Crippen molar-refractivity contribution >= 4 is 0 Å². The number of rotatable bonds is 3. The minimum atomic E-state index is 0.225. The van der Waals surface area contributed by atoms with Crippen molar-refractivity contribution in [2.45, 2.75) is 53.9 Å². The molecule has 0 saturated carbocycles. The average Bonchev–Trinajstić information content (AvgIpc) is 2.35. The van der Waals surface area contributed by atoms with Gasteiger partial charge < -0.3 is 5.32 Å². The van der Waals surface area contributed by atoms with Crippen LogP contribution in [0.3, 0.4) is 0 Å². The summed E-state index contributed by atoms with van der Waals surface area (Å²) in [5, 5.41) is 3.22. The first-order valence-corrected chi connectivity index (χ1v) is 6.78. The molecule has 1 heteroatoms. The van der Waals surface area contributed by atoms with Crippen LogP contribution >= 0.6 is 0 Å². The maximum atomic E-state index is 3.22. The summed E-state index contributed by atoms with van der Waals surface area (Å²) in [5.41, 5.74) is 2.94. The topological polar surface area (TPSA) is 12.0 Å². The van der Waals surface area contributed by atoms with Gasteiger partial charge in [0.1, 0.15) is 0 Å². The highest BCUT2D eigenvalue weighted by molar-refractivity contribution is 5.27. The largest absolute Gasteiger partial charge is 0.319 e. The van der Waals surface area contributed by atoms with E-state index in [-0.39, 0.29) is 5.41 Å². The van der Waals surface area contributed by atoms with Crippen LogP contribution in [0.15, 0.2) is 24.3 Å². The molecule has 0 atom stereocenters. The highest BCUT2D eigenvalue weighted by Crippen LogP contribution is 2.22. The second-order valence-electron chi connectivity index (χ2n) is 4.28. The van der Waals surface area contributed by atoms with Crippen LogP contribution in [-0.2, 0) is 5.41 Å². The third kappa shape index (κ3) is 7.17. The molecule has 1 N–H and O–H groups in total. The van der Waals surface area contributed by atoms with E-state index in [0.29, 0.717) is 0 Å². The van der Waals surface area contributed by atoms with Gasteiger partial charge in [-0.1, -0.05) is 71.4 Å². The van der Waals surface area contributed by atoms with Crippen molar-refractivity contribution in [1.82, 2.24) is 5.32 Å². The standard InChI is InChI=1S/C12H19N.2C2H6/c1-10-5-7-11(8-6-10)12(2,3)9-13-4;2*1-2/h5-8,13H,9H2,1-4H3;2*1-2H3. The van der Waals surface area contributed by atoms with Crippen molar-refractivity contribution in [3.8, 4) is 0 Å². The summed E-state index contributed by atoms with van der Waals surface area (Å²) in [6.45, 7) is 15.6. The molecule has 0 aliphatic rings. The second kappa shape index (κ2) is 10.3. The van der Waals surface area contributed by atoms with E-state index in [0.717, 1.165) is 6.54 Å². The molecule has 0 saturated heterocycles. The summed E-state index contributed by atoms with van der Waals surface area (Å²) in [6.07, 6.45) is 0. The van der Waals surface area contributed by atoms with Crippen LogP contribution in [0.5, 0.6) is 0 Å². The van der Waals surface area contributed by atoms with Gasteiger partial charge in [-0.25, -0.2) is 0 Å². The molecule has 0 heterocycles. The minimum Gasteiger partial charge on any atom is -0.319 e. The molecule has 0 radical (unpaired) electrons. The number of benzene rings is 1. The molecule has 1 aromatic carbocycles. The predicted molar refractivity (Wildman–Crippen MR) is 80.8 cm³/mol. The molecule has 1 aromatic rings. The van der Waals surface area contributed by atoms with Gasteiger partial charge in [-0.3, -0.25) is 0 Å². The highest BCUT2D eigenvalue weighted by Gasteiger charge is 2.18. The van der Waals surface area contributed by atoms with Gasteiger partial charge in [0.2, 0.25) is 0 Å². The van der Waals surface area contributed by atoms with Gasteiger partial charge in [-0.05, 0) is 19.5 Å². The van der Waals surface area contributed by atoms with Crippen molar-refractivity contribution in [3.63, 3.8) is 0 Å². The van der Waals surface area contributed by atoms with Crippen molar-refractivity contribution < 1.29 is 0 Å². The Bertz CT molecular complexity index is 259.